The first-order chi connectivity index (χ1) is 7.65. The van der Waals surface area contributed by atoms with Gasteiger partial charge in [-0.1, -0.05) is 23.2 Å². The summed E-state index contributed by atoms with van der Waals surface area (Å²) in [5.74, 6) is 0. The Hall–Kier alpha value is -1.38. The molecule has 3 N–H and O–H groups in total. The smallest absolute Gasteiger partial charge is 0.0642 e. The molecule has 0 atom stereocenters. The maximum absolute atomic E-state index is 6.03. The van der Waals surface area contributed by atoms with Crippen molar-refractivity contribution >= 4 is 40.3 Å². The van der Waals surface area contributed by atoms with Crippen LogP contribution in [0.5, 0.6) is 0 Å². The minimum absolute atomic E-state index is 0.626. The largest absolute Gasteiger partial charge is 0.399 e. The van der Waals surface area contributed by atoms with Crippen LogP contribution < -0.4 is 11.1 Å². The normalized spacial score (nSPS) is 10.1. The van der Waals surface area contributed by atoms with E-state index in [1.807, 2.05) is 24.3 Å². The van der Waals surface area contributed by atoms with Crippen LogP contribution in [-0.2, 0) is 0 Å². The minimum Gasteiger partial charge on any atom is -0.399 e. The average molecular weight is 253 g/mol. The van der Waals surface area contributed by atoms with E-state index in [1.165, 1.54) is 0 Å². The number of rotatable bonds is 2. The second-order valence-electron chi connectivity index (χ2n) is 3.37. The van der Waals surface area contributed by atoms with Gasteiger partial charge in [0.1, 0.15) is 0 Å². The van der Waals surface area contributed by atoms with Crippen LogP contribution in [-0.4, -0.2) is 0 Å². The van der Waals surface area contributed by atoms with Crippen LogP contribution in [0.15, 0.2) is 42.5 Å². The Morgan fingerprint density at radius 2 is 1.62 bits per heavy atom. The Bertz CT molecular complexity index is 495. The first-order valence-corrected chi connectivity index (χ1v) is 5.48. The minimum atomic E-state index is 0.626. The molecule has 0 saturated carbocycles. The molecule has 16 heavy (non-hydrogen) atoms. The van der Waals surface area contributed by atoms with E-state index >= 15 is 0 Å². The second-order valence-corrected chi connectivity index (χ2v) is 4.21. The lowest BCUT2D eigenvalue weighted by atomic mass is 10.2. The highest BCUT2D eigenvalue weighted by Gasteiger charge is 2.01. The van der Waals surface area contributed by atoms with Crippen LogP contribution in [0, 0.1) is 0 Å². The molecule has 2 nitrogen and oxygen atoms in total. The van der Waals surface area contributed by atoms with Crippen molar-refractivity contribution in [2.45, 2.75) is 0 Å². The molecule has 0 fully saturated rings. The highest BCUT2D eigenvalue weighted by atomic mass is 35.5. The Balaban J connectivity index is 2.26. The SMILES string of the molecule is Nc1ccc(Nc2cc(Cl)ccc2Cl)cc1. The lowest BCUT2D eigenvalue weighted by Gasteiger charge is -2.08. The van der Waals surface area contributed by atoms with E-state index in [0.717, 1.165) is 17.1 Å². The fourth-order valence-corrected chi connectivity index (χ4v) is 1.65. The number of hydrogen-bond acceptors (Lipinski definition) is 2. The van der Waals surface area contributed by atoms with Crippen molar-refractivity contribution in [3.63, 3.8) is 0 Å². The highest BCUT2D eigenvalue weighted by molar-refractivity contribution is 6.35. The first-order valence-electron chi connectivity index (χ1n) is 4.73. The molecule has 0 bridgehead atoms. The van der Waals surface area contributed by atoms with Crippen LogP contribution in [0.25, 0.3) is 0 Å². The zero-order valence-corrected chi connectivity index (χ0v) is 9.89. The van der Waals surface area contributed by atoms with Crippen molar-refractivity contribution < 1.29 is 0 Å². The summed E-state index contributed by atoms with van der Waals surface area (Å²) < 4.78 is 0. The molecule has 0 radical (unpaired) electrons. The molecule has 0 unspecified atom stereocenters. The third kappa shape index (κ3) is 2.60. The van der Waals surface area contributed by atoms with Crippen LogP contribution in [0.1, 0.15) is 0 Å². The maximum atomic E-state index is 6.03. The molecule has 0 aromatic heterocycles. The fourth-order valence-electron chi connectivity index (χ4n) is 1.32. The molecule has 2 aromatic carbocycles. The number of nitrogens with two attached hydrogens (primary N) is 1. The van der Waals surface area contributed by atoms with Gasteiger partial charge < -0.3 is 11.1 Å². The number of hydrogen-bond donors (Lipinski definition) is 2. The van der Waals surface area contributed by atoms with Crippen molar-refractivity contribution in [2.24, 2.45) is 0 Å². The molecular weight excluding hydrogens is 243 g/mol. The van der Waals surface area contributed by atoms with Gasteiger partial charge in [-0.25, -0.2) is 0 Å². The summed E-state index contributed by atoms with van der Waals surface area (Å²) in [5, 5.41) is 4.44. The van der Waals surface area contributed by atoms with Crippen molar-refractivity contribution in [1.82, 2.24) is 0 Å². The number of nitrogens with one attached hydrogen (secondary N) is 1. The lowest BCUT2D eigenvalue weighted by molar-refractivity contribution is 1.55. The van der Waals surface area contributed by atoms with E-state index in [0.29, 0.717) is 10.0 Å². The van der Waals surface area contributed by atoms with Gasteiger partial charge in [0.15, 0.2) is 0 Å². The van der Waals surface area contributed by atoms with Gasteiger partial charge in [-0.15, -0.1) is 0 Å². The Morgan fingerprint density at radius 3 is 2.31 bits per heavy atom. The van der Waals surface area contributed by atoms with E-state index in [2.05, 4.69) is 5.32 Å². The van der Waals surface area contributed by atoms with Crippen LogP contribution in [0.4, 0.5) is 17.1 Å². The van der Waals surface area contributed by atoms with Gasteiger partial charge in [0.05, 0.1) is 10.7 Å². The van der Waals surface area contributed by atoms with E-state index in [9.17, 15) is 0 Å². The summed E-state index contributed by atoms with van der Waals surface area (Å²) in [4.78, 5) is 0. The molecule has 0 aliphatic carbocycles. The molecule has 2 aromatic rings. The molecular formula is C12H10Cl2N2. The zero-order valence-electron chi connectivity index (χ0n) is 8.37. The van der Waals surface area contributed by atoms with Gasteiger partial charge in [0.25, 0.3) is 0 Å². The second kappa shape index (κ2) is 4.64. The monoisotopic (exact) mass is 252 g/mol. The van der Waals surface area contributed by atoms with E-state index in [4.69, 9.17) is 28.9 Å². The third-order valence-corrected chi connectivity index (χ3v) is 2.68. The predicted octanol–water partition coefficient (Wildman–Crippen LogP) is 4.32. The summed E-state index contributed by atoms with van der Waals surface area (Å²) in [6.45, 7) is 0. The Labute approximate surface area is 104 Å². The summed E-state index contributed by atoms with van der Waals surface area (Å²) in [6, 6.07) is 12.7. The summed E-state index contributed by atoms with van der Waals surface area (Å²) in [5.41, 5.74) is 8.02. The summed E-state index contributed by atoms with van der Waals surface area (Å²) in [7, 11) is 0. The molecule has 0 saturated heterocycles. The molecule has 0 spiro atoms. The molecule has 0 aliphatic heterocycles. The maximum Gasteiger partial charge on any atom is 0.0642 e. The molecule has 4 heteroatoms. The molecule has 0 amide bonds. The third-order valence-electron chi connectivity index (χ3n) is 2.12. The van der Waals surface area contributed by atoms with Crippen LogP contribution >= 0.6 is 23.2 Å². The molecule has 0 aliphatic rings. The molecule has 82 valence electrons. The number of halogens is 2. The summed E-state index contributed by atoms with van der Waals surface area (Å²) in [6.07, 6.45) is 0. The number of benzene rings is 2. The average Bonchev–Trinajstić information content (AvgIpc) is 2.27. The van der Waals surface area contributed by atoms with Crippen molar-refractivity contribution in [2.75, 3.05) is 11.1 Å². The van der Waals surface area contributed by atoms with Gasteiger partial charge in [0.2, 0.25) is 0 Å². The van der Waals surface area contributed by atoms with E-state index in [1.54, 1.807) is 18.2 Å². The molecule has 0 heterocycles. The number of anilines is 3. The Morgan fingerprint density at radius 1 is 0.938 bits per heavy atom. The fraction of sp³-hybridized carbons (Fsp3) is 0. The van der Waals surface area contributed by atoms with Gasteiger partial charge in [0, 0.05) is 16.4 Å². The highest BCUT2D eigenvalue weighted by Crippen LogP contribution is 2.28. The van der Waals surface area contributed by atoms with Crippen molar-refractivity contribution in [1.29, 1.82) is 0 Å². The van der Waals surface area contributed by atoms with Crippen molar-refractivity contribution in [3.05, 3.63) is 52.5 Å². The predicted molar refractivity (Wildman–Crippen MR) is 70.6 cm³/mol. The topological polar surface area (TPSA) is 38.0 Å². The van der Waals surface area contributed by atoms with Crippen LogP contribution in [0.3, 0.4) is 0 Å². The summed E-state index contributed by atoms with van der Waals surface area (Å²) >= 11 is 11.9. The van der Waals surface area contributed by atoms with Gasteiger partial charge >= 0.3 is 0 Å². The molecule has 2 rings (SSSR count). The van der Waals surface area contributed by atoms with E-state index in [-0.39, 0.29) is 0 Å². The quantitative estimate of drug-likeness (QED) is 0.782. The standard InChI is InChI=1S/C12H10Cl2N2/c13-8-1-6-11(14)12(7-8)16-10-4-2-9(15)3-5-10/h1-7,16H,15H2. The van der Waals surface area contributed by atoms with Gasteiger partial charge in [-0.3, -0.25) is 0 Å². The van der Waals surface area contributed by atoms with Gasteiger partial charge in [-0.05, 0) is 42.5 Å². The van der Waals surface area contributed by atoms with Crippen LogP contribution in [0.2, 0.25) is 10.0 Å². The zero-order chi connectivity index (χ0) is 11.5. The first kappa shape index (κ1) is 11.1. The lowest BCUT2D eigenvalue weighted by Crippen LogP contribution is -1.92. The van der Waals surface area contributed by atoms with Crippen molar-refractivity contribution in [3.8, 4) is 0 Å². The number of nitrogen functional groups attached to an aromatic ring is 1. The van der Waals surface area contributed by atoms with Gasteiger partial charge in [-0.2, -0.15) is 0 Å². The van der Waals surface area contributed by atoms with E-state index < -0.39 is 0 Å². The Kier molecular flexibility index (Phi) is 3.22.